The van der Waals surface area contributed by atoms with Gasteiger partial charge in [-0.05, 0) is 24.1 Å². The van der Waals surface area contributed by atoms with Crippen LogP contribution in [0, 0.1) is 0 Å². The molecule has 0 unspecified atom stereocenters. The van der Waals surface area contributed by atoms with Gasteiger partial charge in [-0.15, -0.1) is 0 Å². The highest BCUT2D eigenvalue weighted by molar-refractivity contribution is 5.95. The summed E-state index contributed by atoms with van der Waals surface area (Å²) in [7, 11) is 0. The number of amides is 1. The average Bonchev–Trinajstić information content (AvgIpc) is 2.53. The molecule has 2 aromatic rings. The normalized spacial score (nSPS) is 10.6. The van der Waals surface area contributed by atoms with E-state index >= 15 is 0 Å². The lowest BCUT2D eigenvalue weighted by atomic mass is 10.1. The molecule has 3 N–H and O–H groups in total. The number of carbonyl (C=O) groups excluding carboxylic acids is 2. The van der Waals surface area contributed by atoms with Gasteiger partial charge in [-0.1, -0.05) is 42.5 Å². The van der Waals surface area contributed by atoms with E-state index in [0.29, 0.717) is 13.0 Å². The van der Waals surface area contributed by atoms with E-state index in [1.54, 1.807) is 25.1 Å². The van der Waals surface area contributed by atoms with E-state index in [9.17, 15) is 19.8 Å². The lowest BCUT2D eigenvalue weighted by molar-refractivity contribution is -0.116. The first-order valence-electron chi connectivity index (χ1n) is 7.28. The Kier molecular flexibility index (Phi) is 5.62. The van der Waals surface area contributed by atoms with E-state index < -0.39 is 6.29 Å². The Morgan fingerprint density at radius 2 is 1.61 bits per heavy atom. The Hall–Kier alpha value is -2.50. The maximum absolute atomic E-state index is 12.2. The SMILES string of the molecule is CC(=O)Cc1ccc(CNC(=O)c2ccccc2C(O)O)cc1. The number of aliphatic hydroxyl groups excluding tert-OH is 1. The molecule has 1 amide bonds. The van der Waals surface area contributed by atoms with Crippen molar-refractivity contribution in [2.75, 3.05) is 0 Å². The highest BCUT2D eigenvalue weighted by Gasteiger charge is 2.14. The van der Waals surface area contributed by atoms with Crippen LogP contribution in [0.15, 0.2) is 48.5 Å². The van der Waals surface area contributed by atoms with E-state index in [2.05, 4.69) is 5.32 Å². The van der Waals surface area contributed by atoms with Gasteiger partial charge in [0.1, 0.15) is 5.78 Å². The van der Waals surface area contributed by atoms with Gasteiger partial charge >= 0.3 is 0 Å². The van der Waals surface area contributed by atoms with Crippen LogP contribution < -0.4 is 5.32 Å². The van der Waals surface area contributed by atoms with E-state index in [-0.39, 0.29) is 22.8 Å². The summed E-state index contributed by atoms with van der Waals surface area (Å²) in [6, 6.07) is 13.8. The molecule has 120 valence electrons. The van der Waals surface area contributed by atoms with Crippen LogP contribution in [0.2, 0.25) is 0 Å². The summed E-state index contributed by atoms with van der Waals surface area (Å²) in [5.74, 6) is -0.272. The summed E-state index contributed by atoms with van der Waals surface area (Å²) >= 11 is 0. The zero-order chi connectivity index (χ0) is 16.8. The quantitative estimate of drug-likeness (QED) is 0.709. The van der Waals surface area contributed by atoms with Crippen LogP contribution in [0.3, 0.4) is 0 Å². The van der Waals surface area contributed by atoms with Gasteiger partial charge in [0, 0.05) is 24.1 Å². The van der Waals surface area contributed by atoms with Crippen molar-refractivity contribution in [2.24, 2.45) is 0 Å². The zero-order valence-electron chi connectivity index (χ0n) is 12.8. The molecule has 0 aliphatic heterocycles. The van der Waals surface area contributed by atoms with Crippen molar-refractivity contribution >= 4 is 11.7 Å². The van der Waals surface area contributed by atoms with Crippen LogP contribution in [0.5, 0.6) is 0 Å². The number of rotatable bonds is 6. The molecule has 5 heteroatoms. The molecular formula is C18H19NO4. The second-order valence-corrected chi connectivity index (χ2v) is 5.34. The molecule has 0 heterocycles. The lowest BCUT2D eigenvalue weighted by Crippen LogP contribution is -2.24. The first-order chi connectivity index (χ1) is 11.0. The fraction of sp³-hybridized carbons (Fsp3) is 0.222. The molecule has 0 aliphatic carbocycles. The Morgan fingerprint density at radius 1 is 1.00 bits per heavy atom. The average molecular weight is 313 g/mol. The summed E-state index contributed by atoms with van der Waals surface area (Å²) in [4.78, 5) is 23.2. The summed E-state index contributed by atoms with van der Waals surface area (Å²) in [6.07, 6.45) is -1.29. The number of hydrogen-bond donors (Lipinski definition) is 3. The minimum Gasteiger partial charge on any atom is -0.364 e. The van der Waals surface area contributed by atoms with Crippen LogP contribution in [-0.4, -0.2) is 21.9 Å². The Bertz CT molecular complexity index is 692. The fourth-order valence-corrected chi connectivity index (χ4v) is 2.27. The van der Waals surface area contributed by atoms with Crippen molar-refractivity contribution in [3.05, 3.63) is 70.8 Å². The summed E-state index contributed by atoms with van der Waals surface area (Å²) in [5, 5.41) is 21.3. The molecule has 0 atom stereocenters. The fourth-order valence-electron chi connectivity index (χ4n) is 2.27. The molecule has 0 radical (unpaired) electrons. The molecular weight excluding hydrogens is 294 g/mol. The van der Waals surface area contributed by atoms with Crippen molar-refractivity contribution in [3.63, 3.8) is 0 Å². The predicted molar refractivity (Wildman–Crippen MR) is 85.6 cm³/mol. The van der Waals surface area contributed by atoms with E-state index in [4.69, 9.17) is 0 Å². The number of carbonyl (C=O) groups is 2. The molecule has 23 heavy (non-hydrogen) atoms. The number of aliphatic hydroxyl groups is 2. The molecule has 2 aromatic carbocycles. The first-order valence-corrected chi connectivity index (χ1v) is 7.28. The lowest BCUT2D eigenvalue weighted by Gasteiger charge is -2.11. The summed E-state index contributed by atoms with van der Waals surface area (Å²) in [5.41, 5.74) is 2.23. The van der Waals surface area contributed by atoms with Crippen molar-refractivity contribution in [1.29, 1.82) is 0 Å². The summed E-state index contributed by atoms with van der Waals surface area (Å²) in [6.45, 7) is 1.86. The standard InChI is InChI=1S/C18H19NO4/c1-12(20)10-13-6-8-14(9-7-13)11-19-17(21)15-4-2-3-5-16(15)18(22)23/h2-9,18,22-23H,10-11H2,1H3,(H,19,21). The zero-order valence-corrected chi connectivity index (χ0v) is 12.8. The predicted octanol–water partition coefficient (Wildman–Crippen LogP) is 1.73. The van der Waals surface area contributed by atoms with E-state index in [1.165, 1.54) is 6.07 Å². The minimum absolute atomic E-state index is 0.102. The smallest absolute Gasteiger partial charge is 0.252 e. The van der Waals surface area contributed by atoms with Gasteiger partial charge in [0.05, 0.1) is 0 Å². The largest absolute Gasteiger partial charge is 0.364 e. The van der Waals surface area contributed by atoms with Gasteiger partial charge in [0.25, 0.3) is 5.91 Å². The summed E-state index contributed by atoms with van der Waals surface area (Å²) < 4.78 is 0. The number of ketones is 1. The molecule has 0 aliphatic rings. The minimum atomic E-state index is -1.69. The van der Waals surface area contributed by atoms with Gasteiger partial charge in [-0.25, -0.2) is 0 Å². The van der Waals surface area contributed by atoms with Gasteiger partial charge in [0.2, 0.25) is 0 Å². The van der Waals surface area contributed by atoms with Crippen molar-refractivity contribution in [3.8, 4) is 0 Å². The number of benzene rings is 2. The van der Waals surface area contributed by atoms with Gasteiger partial charge in [-0.2, -0.15) is 0 Å². The third kappa shape index (κ3) is 4.74. The van der Waals surface area contributed by atoms with E-state index in [0.717, 1.165) is 11.1 Å². The number of hydrogen-bond acceptors (Lipinski definition) is 4. The van der Waals surface area contributed by atoms with Gasteiger partial charge in [-0.3, -0.25) is 9.59 Å². The number of Topliss-reactive ketones (excluding diaryl/α,β-unsaturated/α-hetero) is 1. The van der Waals surface area contributed by atoms with Crippen molar-refractivity contribution < 1.29 is 19.8 Å². The number of nitrogens with one attached hydrogen (secondary N) is 1. The maximum atomic E-state index is 12.2. The molecule has 0 aromatic heterocycles. The van der Waals surface area contributed by atoms with Crippen LogP contribution in [-0.2, 0) is 17.8 Å². The Balaban J connectivity index is 2.01. The molecule has 2 rings (SSSR count). The monoisotopic (exact) mass is 313 g/mol. The Morgan fingerprint density at radius 3 is 2.22 bits per heavy atom. The van der Waals surface area contributed by atoms with Crippen LogP contribution in [0.25, 0.3) is 0 Å². The first kappa shape index (κ1) is 16.9. The van der Waals surface area contributed by atoms with Gasteiger partial charge < -0.3 is 15.5 Å². The Labute approximate surface area is 134 Å². The van der Waals surface area contributed by atoms with E-state index in [1.807, 2.05) is 24.3 Å². The second kappa shape index (κ2) is 7.67. The van der Waals surface area contributed by atoms with Crippen LogP contribution >= 0.6 is 0 Å². The molecule has 0 fully saturated rings. The molecule has 0 bridgehead atoms. The molecule has 0 spiro atoms. The van der Waals surface area contributed by atoms with Crippen LogP contribution in [0.4, 0.5) is 0 Å². The highest BCUT2D eigenvalue weighted by Crippen LogP contribution is 2.15. The third-order valence-corrected chi connectivity index (χ3v) is 3.41. The third-order valence-electron chi connectivity index (χ3n) is 3.41. The topological polar surface area (TPSA) is 86.6 Å². The molecule has 5 nitrogen and oxygen atoms in total. The molecule has 0 saturated heterocycles. The molecule has 0 saturated carbocycles. The van der Waals surface area contributed by atoms with Gasteiger partial charge in [0.15, 0.2) is 6.29 Å². The highest BCUT2D eigenvalue weighted by atomic mass is 16.5. The second-order valence-electron chi connectivity index (χ2n) is 5.34. The van der Waals surface area contributed by atoms with Crippen molar-refractivity contribution in [1.82, 2.24) is 5.32 Å². The van der Waals surface area contributed by atoms with Crippen LogP contribution in [0.1, 0.15) is 40.3 Å². The van der Waals surface area contributed by atoms with Crippen molar-refractivity contribution in [2.45, 2.75) is 26.2 Å². The maximum Gasteiger partial charge on any atom is 0.252 e.